The molecule has 0 fully saturated rings. The van der Waals surface area contributed by atoms with Gasteiger partial charge in [0.25, 0.3) is 5.91 Å². The molecule has 10 heteroatoms. The van der Waals surface area contributed by atoms with Crippen molar-refractivity contribution in [3.05, 3.63) is 29.8 Å². The largest absolute Gasteiger partial charge is 0.451 e. The molecular formula is C17H22N6O4. The van der Waals surface area contributed by atoms with Crippen LogP contribution in [0.3, 0.4) is 0 Å². The van der Waals surface area contributed by atoms with E-state index in [1.54, 1.807) is 13.8 Å². The van der Waals surface area contributed by atoms with Gasteiger partial charge in [0.1, 0.15) is 0 Å². The SMILES string of the molecule is Cc1ccc(-c2nnn(CC(=O)O[C@@H](C)C(=O)NC(=O)NC(C)C)n2)cc1. The summed E-state index contributed by atoms with van der Waals surface area (Å²) in [6.45, 7) is 6.53. The molecule has 0 bridgehead atoms. The van der Waals surface area contributed by atoms with Gasteiger partial charge in [0.15, 0.2) is 12.6 Å². The molecule has 0 radical (unpaired) electrons. The van der Waals surface area contributed by atoms with Crippen molar-refractivity contribution in [3.63, 3.8) is 0 Å². The summed E-state index contributed by atoms with van der Waals surface area (Å²) in [5.74, 6) is -1.08. The molecule has 0 aliphatic rings. The van der Waals surface area contributed by atoms with Crippen LogP contribution in [-0.4, -0.2) is 50.3 Å². The minimum Gasteiger partial charge on any atom is -0.451 e. The predicted molar refractivity (Wildman–Crippen MR) is 95.4 cm³/mol. The number of aromatic nitrogens is 4. The van der Waals surface area contributed by atoms with E-state index in [4.69, 9.17) is 4.74 Å². The highest BCUT2D eigenvalue weighted by Gasteiger charge is 2.21. The Labute approximate surface area is 156 Å². The minimum atomic E-state index is -1.14. The third-order valence-electron chi connectivity index (χ3n) is 3.37. The van der Waals surface area contributed by atoms with Gasteiger partial charge in [0.05, 0.1) is 0 Å². The van der Waals surface area contributed by atoms with Crippen LogP contribution in [0.4, 0.5) is 4.79 Å². The van der Waals surface area contributed by atoms with E-state index in [0.29, 0.717) is 5.82 Å². The molecule has 0 saturated carbocycles. The Morgan fingerprint density at radius 2 is 1.81 bits per heavy atom. The lowest BCUT2D eigenvalue weighted by Gasteiger charge is -2.14. The lowest BCUT2D eigenvalue weighted by molar-refractivity contribution is -0.155. The number of benzene rings is 1. The maximum atomic E-state index is 11.9. The summed E-state index contributed by atoms with van der Waals surface area (Å²) < 4.78 is 4.99. The summed E-state index contributed by atoms with van der Waals surface area (Å²) >= 11 is 0. The number of nitrogens with one attached hydrogen (secondary N) is 2. The van der Waals surface area contributed by atoms with Crippen molar-refractivity contribution in [1.29, 1.82) is 0 Å². The molecule has 0 saturated heterocycles. The average Bonchev–Trinajstić information content (AvgIpc) is 3.02. The molecule has 0 aliphatic heterocycles. The smallest absolute Gasteiger partial charge is 0.330 e. The predicted octanol–water partition coefficient (Wildman–Crippen LogP) is 0.814. The summed E-state index contributed by atoms with van der Waals surface area (Å²) in [5.41, 5.74) is 1.87. The van der Waals surface area contributed by atoms with E-state index in [1.807, 2.05) is 31.2 Å². The molecule has 1 aromatic carbocycles. The molecular weight excluding hydrogens is 352 g/mol. The van der Waals surface area contributed by atoms with Crippen LogP contribution >= 0.6 is 0 Å². The zero-order valence-electron chi connectivity index (χ0n) is 15.6. The van der Waals surface area contributed by atoms with Crippen molar-refractivity contribution in [2.45, 2.75) is 46.4 Å². The van der Waals surface area contributed by atoms with Gasteiger partial charge in [-0.05, 0) is 32.9 Å². The number of nitrogens with zero attached hydrogens (tertiary/aromatic N) is 4. The van der Waals surface area contributed by atoms with Crippen molar-refractivity contribution in [3.8, 4) is 11.4 Å². The highest BCUT2D eigenvalue weighted by atomic mass is 16.5. The molecule has 1 heterocycles. The molecule has 2 rings (SSSR count). The van der Waals surface area contributed by atoms with Crippen LogP contribution in [0.1, 0.15) is 26.3 Å². The number of esters is 1. The van der Waals surface area contributed by atoms with Crippen molar-refractivity contribution in [2.75, 3.05) is 0 Å². The Morgan fingerprint density at radius 1 is 1.15 bits per heavy atom. The Morgan fingerprint density at radius 3 is 2.44 bits per heavy atom. The zero-order valence-corrected chi connectivity index (χ0v) is 15.6. The normalized spacial score (nSPS) is 11.7. The van der Waals surface area contributed by atoms with Crippen LogP contribution in [-0.2, 0) is 20.9 Å². The fraction of sp³-hybridized carbons (Fsp3) is 0.412. The number of hydrogen-bond donors (Lipinski definition) is 2. The first-order chi connectivity index (χ1) is 12.7. The standard InChI is InChI=1S/C17H22N6O4/c1-10(2)18-17(26)19-16(25)12(4)27-14(24)9-23-21-15(20-22-23)13-7-5-11(3)6-8-13/h5-8,10,12H,9H2,1-4H3,(H2,18,19,25,26)/t12-/m0/s1. The molecule has 144 valence electrons. The van der Waals surface area contributed by atoms with E-state index in [9.17, 15) is 14.4 Å². The molecule has 3 amide bonds. The van der Waals surface area contributed by atoms with Crippen LogP contribution in [0, 0.1) is 6.92 Å². The number of rotatable bonds is 6. The highest BCUT2D eigenvalue weighted by molar-refractivity contribution is 5.97. The number of ether oxygens (including phenoxy) is 1. The van der Waals surface area contributed by atoms with Crippen molar-refractivity contribution in [1.82, 2.24) is 30.8 Å². The van der Waals surface area contributed by atoms with Gasteiger partial charge in [0, 0.05) is 11.6 Å². The lowest BCUT2D eigenvalue weighted by atomic mass is 10.1. The van der Waals surface area contributed by atoms with Gasteiger partial charge in [-0.1, -0.05) is 29.8 Å². The molecule has 1 aromatic heterocycles. The number of tetrazole rings is 1. The molecule has 2 N–H and O–H groups in total. The Hall–Kier alpha value is -3.30. The summed E-state index contributed by atoms with van der Waals surface area (Å²) in [5, 5.41) is 16.4. The fourth-order valence-electron chi connectivity index (χ4n) is 2.04. The van der Waals surface area contributed by atoms with Crippen molar-refractivity contribution in [2.24, 2.45) is 0 Å². The molecule has 0 spiro atoms. The Balaban J connectivity index is 1.87. The topological polar surface area (TPSA) is 128 Å². The fourth-order valence-corrected chi connectivity index (χ4v) is 2.04. The van der Waals surface area contributed by atoms with E-state index in [0.717, 1.165) is 15.9 Å². The molecule has 0 aliphatic carbocycles. The van der Waals surface area contributed by atoms with Crippen LogP contribution in [0.2, 0.25) is 0 Å². The van der Waals surface area contributed by atoms with Crippen LogP contribution in [0.15, 0.2) is 24.3 Å². The number of aryl methyl sites for hydroxylation is 1. The molecule has 1 atom stereocenters. The monoisotopic (exact) mass is 374 g/mol. The van der Waals surface area contributed by atoms with E-state index < -0.39 is 24.0 Å². The van der Waals surface area contributed by atoms with E-state index in [1.165, 1.54) is 6.92 Å². The van der Waals surface area contributed by atoms with Gasteiger partial charge >= 0.3 is 12.0 Å². The number of hydrogen-bond acceptors (Lipinski definition) is 7. The minimum absolute atomic E-state index is 0.128. The molecule has 27 heavy (non-hydrogen) atoms. The van der Waals surface area contributed by atoms with E-state index in [2.05, 4.69) is 26.0 Å². The number of imide groups is 1. The Bertz CT molecular complexity index is 815. The quantitative estimate of drug-likeness (QED) is 0.716. The maximum Gasteiger partial charge on any atom is 0.330 e. The lowest BCUT2D eigenvalue weighted by Crippen LogP contribution is -2.46. The third kappa shape index (κ3) is 6.17. The second kappa shape index (κ2) is 8.88. The molecule has 10 nitrogen and oxygen atoms in total. The summed E-state index contributed by atoms with van der Waals surface area (Å²) in [6, 6.07) is 6.75. The highest BCUT2D eigenvalue weighted by Crippen LogP contribution is 2.13. The molecule has 0 unspecified atom stereocenters. The van der Waals surface area contributed by atoms with E-state index in [-0.39, 0.29) is 12.6 Å². The van der Waals surface area contributed by atoms with Gasteiger partial charge in [-0.2, -0.15) is 4.80 Å². The Kier molecular flexibility index (Phi) is 6.58. The number of amides is 3. The van der Waals surface area contributed by atoms with Crippen molar-refractivity contribution < 1.29 is 19.1 Å². The third-order valence-corrected chi connectivity index (χ3v) is 3.37. The van der Waals surface area contributed by atoms with E-state index >= 15 is 0 Å². The second-order valence-corrected chi connectivity index (χ2v) is 6.26. The first kappa shape index (κ1) is 20.0. The van der Waals surface area contributed by atoms with Crippen LogP contribution in [0.25, 0.3) is 11.4 Å². The summed E-state index contributed by atoms with van der Waals surface area (Å²) in [7, 11) is 0. The van der Waals surface area contributed by atoms with Crippen LogP contribution in [0.5, 0.6) is 0 Å². The first-order valence-corrected chi connectivity index (χ1v) is 8.40. The van der Waals surface area contributed by atoms with Crippen LogP contribution < -0.4 is 10.6 Å². The van der Waals surface area contributed by atoms with Gasteiger partial charge in [-0.3, -0.25) is 10.1 Å². The maximum absolute atomic E-state index is 11.9. The number of carbonyl (C=O) groups excluding carboxylic acids is 3. The zero-order chi connectivity index (χ0) is 20.0. The van der Waals surface area contributed by atoms with Gasteiger partial charge in [-0.25, -0.2) is 9.59 Å². The number of carbonyl (C=O) groups is 3. The first-order valence-electron chi connectivity index (χ1n) is 8.40. The van der Waals surface area contributed by atoms with Crippen molar-refractivity contribution >= 4 is 17.9 Å². The summed E-state index contributed by atoms with van der Waals surface area (Å²) in [6.07, 6.45) is -1.14. The van der Waals surface area contributed by atoms with Gasteiger partial charge < -0.3 is 10.1 Å². The summed E-state index contributed by atoms with van der Waals surface area (Å²) in [4.78, 5) is 36.4. The average molecular weight is 374 g/mol. The van der Waals surface area contributed by atoms with Gasteiger partial charge in [-0.15, -0.1) is 10.2 Å². The number of urea groups is 1. The molecule has 2 aromatic rings. The second-order valence-electron chi connectivity index (χ2n) is 6.26. The van der Waals surface area contributed by atoms with Gasteiger partial charge in [0.2, 0.25) is 5.82 Å².